The van der Waals surface area contributed by atoms with Crippen LogP contribution in [0.1, 0.15) is 5.56 Å². The average Bonchev–Trinajstić information content (AvgIpc) is 2.41. The molecular weight excluding hydrogens is 236 g/mol. The van der Waals surface area contributed by atoms with Crippen LogP contribution in [0.3, 0.4) is 0 Å². The molecule has 18 heavy (non-hydrogen) atoms. The summed E-state index contributed by atoms with van der Waals surface area (Å²) < 4.78 is 9.77. The van der Waals surface area contributed by atoms with E-state index in [1.54, 1.807) is 19.2 Å². The van der Waals surface area contributed by atoms with Crippen LogP contribution in [0.4, 0.5) is 0 Å². The highest BCUT2D eigenvalue weighted by Gasteiger charge is 2.12. The highest BCUT2D eigenvalue weighted by molar-refractivity contribution is 6.42. The van der Waals surface area contributed by atoms with E-state index in [9.17, 15) is 4.79 Å². The summed E-state index contributed by atoms with van der Waals surface area (Å²) >= 11 is 0. The third kappa shape index (κ3) is 3.79. The van der Waals surface area contributed by atoms with Gasteiger partial charge in [-0.15, -0.1) is 0 Å². The second-order valence-electron chi connectivity index (χ2n) is 3.29. The fourth-order valence-corrected chi connectivity index (χ4v) is 1.23. The molecule has 0 fully saturated rings. The molecule has 0 atom stereocenters. The highest BCUT2D eigenvalue weighted by atomic mass is 16.5. The largest absolute Gasteiger partial charge is 0.497 e. The third-order valence-electron chi connectivity index (χ3n) is 2.18. The van der Waals surface area contributed by atoms with Crippen LogP contribution in [-0.2, 0) is 16.0 Å². The molecule has 6 heteroatoms. The van der Waals surface area contributed by atoms with E-state index in [0.29, 0.717) is 6.42 Å². The van der Waals surface area contributed by atoms with Gasteiger partial charge >= 0.3 is 5.97 Å². The Balaban J connectivity index is 2.42. The van der Waals surface area contributed by atoms with Gasteiger partial charge in [0.15, 0.2) is 0 Å². The molecule has 1 N–H and O–H groups in total. The first kappa shape index (κ1) is 13.5. The minimum Gasteiger partial charge on any atom is -0.497 e. The van der Waals surface area contributed by atoms with E-state index in [4.69, 9.17) is 19.9 Å². The Bertz CT molecular complexity index is 474. The Morgan fingerprint density at radius 2 is 2.11 bits per heavy atom. The molecule has 0 aliphatic heterocycles. The van der Waals surface area contributed by atoms with E-state index in [0.717, 1.165) is 11.3 Å². The standard InChI is InChI=1S/C12H12N2O4/c1-17-10-4-2-9(3-5-10)6-7-18-12(15)11(8-13)14-16/h2-5,16H,6-7H2,1H3. The summed E-state index contributed by atoms with van der Waals surface area (Å²) in [5.74, 6) is -0.191. The number of oxime groups is 1. The molecule has 0 amide bonds. The minimum atomic E-state index is -0.937. The summed E-state index contributed by atoms with van der Waals surface area (Å²) in [6, 6.07) is 8.71. The van der Waals surface area contributed by atoms with Gasteiger partial charge in [-0.2, -0.15) is 5.26 Å². The highest BCUT2D eigenvalue weighted by Crippen LogP contribution is 2.11. The normalized spacial score (nSPS) is 10.6. The Labute approximate surface area is 104 Å². The molecule has 0 spiro atoms. The predicted octanol–water partition coefficient (Wildman–Crippen LogP) is 1.13. The summed E-state index contributed by atoms with van der Waals surface area (Å²) in [5, 5.41) is 19.3. The number of carbonyl (C=O) groups excluding carboxylic acids is 1. The maximum Gasteiger partial charge on any atom is 0.371 e. The number of rotatable bonds is 5. The number of hydrogen-bond donors (Lipinski definition) is 1. The van der Waals surface area contributed by atoms with Gasteiger partial charge in [0.2, 0.25) is 0 Å². The van der Waals surface area contributed by atoms with E-state index < -0.39 is 11.7 Å². The molecule has 0 unspecified atom stereocenters. The lowest BCUT2D eigenvalue weighted by Gasteiger charge is -2.04. The predicted molar refractivity (Wildman–Crippen MR) is 62.5 cm³/mol. The number of nitrogens with zero attached hydrogens (tertiary/aromatic N) is 2. The van der Waals surface area contributed by atoms with Crippen LogP contribution >= 0.6 is 0 Å². The van der Waals surface area contributed by atoms with Crippen molar-refractivity contribution in [3.8, 4) is 11.8 Å². The number of methoxy groups -OCH3 is 1. The van der Waals surface area contributed by atoms with E-state index in [1.807, 2.05) is 12.1 Å². The van der Waals surface area contributed by atoms with Crippen LogP contribution in [0, 0.1) is 11.3 Å². The molecule has 0 saturated heterocycles. The number of benzene rings is 1. The minimum absolute atomic E-state index is 0.103. The first-order valence-corrected chi connectivity index (χ1v) is 5.13. The van der Waals surface area contributed by atoms with Crippen LogP contribution in [0.5, 0.6) is 5.75 Å². The number of ether oxygens (including phenoxy) is 2. The molecule has 6 nitrogen and oxygen atoms in total. The van der Waals surface area contributed by atoms with Gasteiger partial charge in [-0.1, -0.05) is 17.3 Å². The Hall–Kier alpha value is -2.55. The summed E-state index contributed by atoms with van der Waals surface area (Å²) in [6.07, 6.45) is 0.500. The van der Waals surface area contributed by atoms with Crippen molar-refractivity contribution in [1.82, 2.24) is 0 Å². The number of carbonyl (C=O) groups is 1. The molecule has 0 aliphatic rings. The fraction of sp³-hybridized carbons (Fsp3) is 0.250. The monoisotopic (exact) mass is 248 g/mol. The van der Waals surface area contributed by atoms with Crippen LogP contribution in [-0.4, -0.2) is 30.6 Å². The zero-order chi connectivity index (χ0) is 13.4. The molecule has 0 bridgehead atoms. The van der Waals surface area contributed by atoms with Crippen molar-refractivity contribution >= 4 is 11.7 Å². The van der Waals surface area contributed by atoms with E-state index in [-0.39, 0.29) is 6.61 Å². The first-order chi connectivity index (χ1) is 8.71. The van der Waals surface area contributed by atoms with Crippen molar-refractivity contribution in [1.29, 1.82) is 5.26 Å². The average molecular weight is 248 g/mol. The fourth-order valence-electron chi connectivity index (χ4n) is 1.23. The van der Waals surface area contributed by atoms with Gasteiger partial charge in [-0.25, -0.2) is 4.79 Å². The van der Waals surface area contributed by atoms with Gasteiger partial charge in [0, 0.05) is 6.42 Å². The summed E-state index contributed by atoms with van der Waals surface area (Å²) in [5.41, 5.74) is 0.299. The van der Waals surface area contributed by atoms with Crippen molar-refractivity contribution in [2.24, 2.45) is 5.16 Å². The molecule has 0 saturated carbocycles. The lowest BCUT2D eigenvalue weighted by molar-refractivity contribution is -0.135. The van der Waals surface area contributed by atoms with Gasteiger partial charge < -0.3 is 14.7 Å². The molecule has 1 aromatic rings. The Morgan fingerprint density at radius 3 is 2.61 bits per heavy atom. The smallest absolute Gasteiger partial charge is 0.371 e. The molecule has 94 valence electrons. The lowest BCUT2D eigenvalue weighted by Crippen LogP contribution is -2.17. The number of esters is 1. The maximum absolute atomic E-state index is 11.1. The molecular formula is C12H12N2O4. The second-order valence-corrected chi connectivity index (χ2v) is 3.29. The molecule has 1 rings (SSSR count). The van der Waals surface area contributed by atoms with Gasteiger partial charge in [0.05, 0.1) is 13.7 Å². The second kappa shape index (κ2) is 6.91. The SMILES string of the molecule is COc1ccc(CCOC(=O)C(C#N)=NO)cc1. The molecule has 0 heterocycles. The van der Waals surface area contributed by atoms with Crippen molar-refractivity contribution in [3.63, 3.8) is 0 Å². The van der Waals surface area contributed by atoms with Gasteiger partial charge in [-0.05, 0) is 17.7 Å². The van der Waals surface area contributed by atoms with Crippen molar-refractivity contribution in [3.05, 3.63) is 29.8 Å². The summed E-state index contributed by atoms with van der Waals surface area (Å²) in [7, 11) is 1.58. The van der Waals surface area contributed by atoms with Crippen LogP contribution < -0.4 is 4.74 Å². The maximum atomic E-state index is 11.1. The molecule has 1 aromatic carbocycles. The van der Waals surface area contributed by atoms with Crippen LogP contribution in [0.25, 0.3) is 0 Å². The molecule has 0 aromatic heterocycles. The van der Waals surface area contributed by atoms with E-state index in [1.165, 1.54) is 6.07 Å². The van der Waals surface area contributed by atoms with Gasteiger partial charge in [-0.3, -0.25) is 0 Å². The number of hydrogen-bond acceptors (Lipinski definition) is 6. The van der Waals surface area contributed by atoms with Gasteiger partial charge in [0.25, 0.3) is 5.71 Å². The van der Waals surface area contributed by atoms with Gasteiger partial charge in [0.1, 0.15) is 11.8 Å². The topological polar surface area (TPSA) is 91.9 Å². The van der Waals surface area contributed by atoms with Crippen LogP contribution in [0.2, 0.25) is 0 Å². The Morgan fingerprint density at radius 1 is 1.44 bits per heavy atom. The summed E-state index contributed by atoms with van der Waals surface area (Å²) in [4.78, 5) is 11.1. The quantitative estimate of drug-likeness (QED) is 0.365. The zero-order valence-corrected chi connectivity index (χ0v) is 9.79. The zero-order valence-electron chi connectivity index (χ0n) is 9.79. The Kier molecular flexibility index (Phi) is 5.19. The van der Waals surface area contributed by atoms with Crippen molar-refractivity contribution in [2.75, 3.05) is 13.7 Å². The van der Waals surface area contributed by atoms with E-state index in [2.05, 4.69) is 5.16 Å². The van der Waals surface area contributed by atoms with Crippen molar-refractivity contribution < 1.29 is 19.5 Å². The van der Waals surface area contributed by atoms with Crippen LogP contribution in [0.15, 0.2) is 29.4 Å². The lowest BCUT2D eigenvalue weighted by atomic mass is 10.1. The molecule has 0 aliphatic carbocycles. The third-order valence-corrected chi connectivity index (χ3v) is 2.18. The molecule has 0 radical (unpaired) electrons. The first-order valence-electron chi connectivity index (χ1n) is 5.13. The van der Waals surface area contributed by atoms with Crippen molar-refractivity contribution in [2.45, 2.75) is 6.42 Å². The summed E-state index contributed by atoms with van der Waals surface area (Å²) in [6.45, 7) is 0.103. The number of nitriles is 1. The van der Waals surface area contributed by atoms with E-state index >= 15 is 0 Å².